The maximum absolute atomic E-state index is 12.9. The molecule has 1 aromatic heterocycles. The molecule has 2 aromatic rings. The van der Waals surface area contributed by atoms with Crippen LogP contribution < -0.4 is 10.6 Å². The first-order chi connectivity index (χ1) is 11.9. The number of amides is 1. The van der Waals surface area contributed by atoms with Crippen molar-refractivity contribution in [2.45, 2.75) is 19.9 Å². The predicted molar refractivity (Wildman–Crippen MR) is 96.0 cm³/mol. The van der Waals surface area contributed by atoms with Gasteiger partial charge in [0.25, 0.3) is 5.91 Å². The summed E-state index contributed by atoms with van der Waals surface area (Å²) in [6.45, 7) is 3.73. The molecule has 0 aliphatic heterocycles. The van der Waals surface area contributed by atoms with Crippen LogP contribution in [0.5, 0.6) is 0 Å². The molecule has 1 aromatic carbocycles. The lowest BCUT2D eigenvalue weighted by Crippen LogP contribution is -2.28. The molecule has 1 amide bonds. The van der Waals surface area contributed by atoms with E-state index in [1.165, 1.54) is 12.1 Å². The second kappa shape index (κ2) is 9.08. The highest BCUT2D eigenvalue weighted by Crippen LogP contribution is 2.10. The van der Waals surface area contributed by atoms with Crippen LogP contribution in [-0.2, 0) is 6.54 Å². The topological polar surface area (TPSA) is 70.2 Å². The molecule has 0 aliphatic rings. The van der Waals surface area contributed by atoms with Crippen LogP contribution in [-0.4, -0.2) is 48.0 Å². The molecule has 2 rings (SSSR count). The summed E-state index contributed by atoms with van der Waals surface area (Å²) in [5, 5.41) is 6.00. The van der Waals surface area contributed by atoms with E-state index in [1.807, 2.05) is 14.1 Å². The third kappa shape index (κ3) is 6.46. The smallest absolute Gasteiger partial charge is 0.270 e. The number of rotatable bonds is 8. The van der Waals surface area contributed by atoms with E-state index in [0.717, 1.165) is 18.5 Å². The van der Waals surface area contributed by atoms with E-state index < -0.39 is 0 Å². The summed E-state index contributed by atoms with van der Waals surface area (Å²) in [4.78, 5) is 22.8. The number of halogens is 1. The van der Waals surface area contributed by atoms with E-state index in [4.69, 9.17) is 0 Å². The van der Waals surface area contributed by atoms with Gasteiger partial charge < -0.3 is 15.5 Å². The van der Waals surface area contributed by atoms with Crippen LogP contribution in [0.15, 0.2) is 30.3 Å². The molecular formula is C18H24FN5O. The minimum absolute atomic E-state index is 0.214. The van der Waals surface area contributed by atoms with Crippen LogP contribution in [0.1, 0.15) is 28.3 Å². The van der Waals surface area contributed by atoms with Crippen molar-refractivity contribution in [2.75, 3.05) is 32.5 Å². The Morgan fingerprint density at radius 3 is 2.60 bits per heavy atom. The zero-order valence-corrected chi connectivity index (χ0v) is 14.8. The summed E-state index contributed by atoms with van der Waals surface area (Å²) in [5.41, 5.74) is 1.26. The van der Waals surface area contributed by atoms with Crippen molar-refractivity contribution in [3.8, 4) is 0 Å². The van der Waals surface area contributed by atoms with Gasteiger partial charge in [0.2, 0.25) is 0 Å². The Labute approximate surface area is 147 Å². The van der Waals surface area contributed by atoms with Crippen LogP contribution in [0.2, 0.25) is 0 Å². The van der Waals surface area contributed by atoms with Gasteiger partial charge in [0.1, 0.15) is 23.2 Å². The number of nitrogens with zero attached hydrogens (tertiary/aromatic N) is 3. The lowest BCUT2D eigenvalue weighted by molar-refractivity contribution is 0.0947. The molecular weight excluding hydrogens is 321 g/mol. The maximum atomic E-state index is 12.9. The average Bonchev–Trinajstić information content (AvgIpc) is 2.57. The van der Waals surface area contributed by atoms with E-state index in [1.54, 1.807) is 25.1 Å². The van der Waals surface area contributed by atoms with Crippen molar-refractivity contribution in [1.29, 1.82) is 0 Å². The summed E-state index contributed by atoms with van der Waals surface area (Å²) in [7, 11) is 3.99. The van der Waals surface area contributed by atoms with Gasteiger partial charge in [0, 0.05) is 19.2 Å². The Kier molecular flexibility index (Phi) is 6.82. The van der Waals surface area contributed by atoms with Crippen molar-refractivity contribution in [2.24, 2.45) is 0 Å². The van der Waals surface area contributed by atoms with Crippen molar-refractivity contribution in [1.82, 2.24) is 20.2 Å². The first-order valence-electron chi connectivity index (χ1n) is 8.21. The van der Waals surface area contributed by atoms with Crippen molar-refractivity contribution in [3.63, 3.8) is 0 Å². The maximum Gasteiger partial charge on any atom is 0.270 e. The molecule has 134 valence electrons. The molecule has 0 saturated carbocycles. The Bertz CT molecular complexity index is 703. The van der Waals surface area contributed by atoms with E-state index in [-0.39, 0.29) is 11.7 Å². The number of nitrogens with one attached hydrogen (secondary N) is 2. The standard InChI is InChI=1S/C18H24FN5O/c1-13-22-16(18(25)20-9-4-10-24(2)3)11-17(23-13)21-12-14-5-7-15(19)8-6-14/h5-8,11H,4,9-10,12H2,1-3H3,(H,20,25)(H,21,22,23). The Morgan fingerprint density at radius 2 is 1.92 bits per heavy atom. The fourth-order valence-electron chi connectivity index (χ4n) is 2.26. The molecule has 7 heteroatoms. The highest BCUT2D eigenvalue weighted by Gasteiger charge is 2.10. The largest absolute Gasteiger partial charge is 0.366 e. The van der Waals surface area contributed by atoms with Crippen LogP contribution in [0.3, 0.4) is 0 Å². The monoisotopic (exact) mass is 345 g/mol. The fourth-order valence-corrected chi connectivity index (χ4v) is 2.26. The molecule has 25 heavy (non-hydrogen) atoms. The van der Waals surface area contributed by atoms with Crippen molar-refractivity contribution < 1.29 is 9.18 Å². The summed E-state index contributed by atoms with van der Waals surface area (Å²) in [5.74, 6) is 0.599. The lowest BCUT2D eigenvalue weighted by atomic mass is 10.2. The third-order valence-corrected chi connectivity index (χ3v) is 3.53. The summed E-state index contributed by atoms with van der Waals surface area (Å²) in [6.07, 6.45) is 0.873. The SMILES string of the molecule is Cc1nc(NCc2ccc(F)cc2)cc(C(=O)NCCCN(C)C)n1. The van der Waals surface area contributed by atoms with Gasteiger partial charge in [-0.1, -0.05) is 12.1 Å². The number of aromatic nitrogens is 2. The van der Waals surface area contributed by atoms with Crippen LogP contribution in [0, 0.1) is 12.7 Å². The number of benzene rings is 1. The number of hydrogen-bond acceptors (Lipinski definition) is 5. The average molecular weight is 345 g/mol. The zero-order chi connectivity index (χ0) is 18.2. The Hall–Kier alpha value is -2.54. The second-order valence-electron chi connectivity index (χ2n) is 6.08. The quantitative estimate of drug-likeness (QED) is 0.718. The lowest BCUT2D eigenvalue weighted by Gasteiger charge is -2.11. The number of carbonyl (C=O) groups is 1. The second-order valence-corrected chi connectivity index (χ2v) is 6.08. The molecule has 0 bridgehead atoms. The van der Waals surface area contributed by atoms with Crippen molar-refractivity contribution >= 4 is 11.7 Å². The van der Waals surface area contributed by atoms with Gasteiger partial charge in [-0.2, -0.15) is 0 Å². The highest BCUT2D eigenvalue weighted by atomic mass is 19.1. The van der Waals surface area contributed by atoms with E-state index in [2.05, 4.69) is 25.5 Å². The number of hydrogen-bond donors (Lipinski definition) is 2. The third-order valence-electron chi connectivity index (χ3n) is 3.53. The summed E-state index contributed by atoms with van der Waals surface area (Å²) in [6, 6.07) is 7.85. The van der Waals surface area contributed by atoms with E-state index >= 15 is 0 Å². The van der Waals surface area contributed by atoms with Gasteiger partial charge >= 0.3 is 0 Å². The van der Waals surface area contributed by atoms with Crippen molar-refractivity contribution in [3.05, 3.63) is 53.2 Å². The molecule has 1 heterocycles. The number of aryl methyl sites for hydroxylation is 1. The molecule has 0 atom stereocenters. The minimum atomic E-state index is -0.269. The van der Waals surface area contributed by atoms with Gasteiger partial charge in [-0.25, -0.2) is 14.4 Å². The van der Waals surface area contributed by atoms with Gasteiger partial charge in [-0.05, 0) is 51.7 Å². The van der Waals surface area contributed by atoms with Gasteiger partial charge in [0.15, 0.2) is 0 Å². The van der Waals surface area contributed by atoms with Gasteiger partial charge in [0.05, 0.1) is 0 Å². The Balaban J connectivity index is 1.94. The van der Waals surface area contributed by atoms with Crippen LogP contribution in [0.4, 0.5) is 10.2 Å². The van der Waals surface area contributed by atoms with Crippen LogP contribution >= 0.6 is 0 Å². The normalized spacial score (nSPS) is 10.8. The molecule has 6 nitrogen and oxygen atoms in total. The Morgan fingerprint density at radius 1 is 1.20 bits per heavy atom. The molecule has 0 radical (unpaired) electrons. The fraction of sp³-hybridized carbons (Fsp3) is 0.389. The minimum Gasteiger partial charge on any atom is -0.366 e. The summed E-state index contributed by atoms with van der Waals surface area (Å²) < 4.78 is 12.9. The molecule has 0 fully saturated rings. The molecule has 0 aliphatic carbocycles. The summed E-state index contributed by atoms with van der Waals surface area (Å²) >= 11 is 0. The van der Waals surface area contributed by atoms with Gasteiger partial charge in [-0.15, -0.1) is 0 Å². The first-order valence-corrected chi connectivity index (χ1v) is 8.21. The van der Waals surface area contributed by atoms with E-state index in [0.29, 0.717) is 30.4 Å². The number of anilines is 1. The predicted octanol–water partition coefficient (Wildman–Crippen LogP) is 2.22. The highest BCUT2D eigenvalue weighted by molar-refractivity contribution is 5.92. The molecule has 0 saturated heterocycles. The van der Waals surface area contributed by atoms with Gasteiger partial charge in [-0.3, -0.25) is 4.79 Å². The molecule has 2 N–H and O–H groups in total. The zero-order valence-electron chi connectivity index (χ0n) is 14.8. The molecule has 0 spiro atoms. The van der Waals surface area contributed by atoms with E-state index in [9.17, 15) is 9.18 Å². The number of carbonyl (C=O) groups excluding carboxylic acids is 1. The molecule has 0 unspecified atom stereocenters. The first kappa shape index (κ1) is 18.8. The van der Waals surface area contributed by atoms with Crippen LogP contribution in [0.25, 0.3) is 0 Å².